The highest BCUT2D eigenvalue weighted by Crippen LogP contribution is 2.23. The summed E-state index contributed by atoms with van der Waals surface area (Å²) in [6.45, 7) is 0.132. The summed E-state index contributed by atoms with van der Waals surface area (Å²) in [6.07, 6.45) is 5.43. The third-order valence-electron chi connectivity index (χ3n) is 3.96. The minimum absolute atomic E-state index is 0.0544. The molecule has 27 heavy (non-hydrogen) atoms. The average molecular weight is 377 g/mol. The molecule has 0 radical (unpaired) electrons. The number of nitro benzene ring substituents is 1. The highest BCUT2D eigenvalue weighted by molar-refractivity contribution is 7.16. The number of hydrogen-bond acceptors (Lipinski definition) is 5. The summed E-state index contributed by atoms with van der Waals surface area (Å²) in [5, 5.41) is 11.8. The number of fused-ring (bicyclic) bond motifs is 2. The number of benzene rings is 2. The molecule has 0 saturated carbocycles. The van der Waals surface area contributed by atoms with Crippen LogP contribution in [-0.2, 0) is 6.54 Å². The molecule has 0 aliphatic rings. The summed E-state index contributed by atoms with van der Waals surface area (Å²) >= 11 is 1.23. The fourth-order valence-electron chi connectivity index (χ4n) is 2.73. The van der Waals surface area contributed by atoms with Crippen LogP contribution in [0, 0.1) is 22.5 Å². The quantitative estimate of drug-likeness (QED) is 0.309. The lowest BCUT2D eigenvalue weighted by molar-refractivity contribution is -0.384. The van der Waals surface area contributed by atoms with Gasteiger partial charge in [-0.05, 0) is 18.2 Å². The van der Waals surface area contributed by atoms with E-state index < -0.39 is 10.8 Å². The number of non-ortho nitro benzene ring substituents is 1. The summed E-state index contributed by atoms with van der Waals surface area (Å²) in [6, 6.07) is 13.4. The Hall–Kier alpha value is -3.70. The Balaban J connectivity index is 1.86. The predicted molar refractivity (Wildman–Crippen MR) is 101 cm³/mol. The number of furan rings is 1. The van der Waals surface area contributed by atoms with Crippen molar-refractivity contribution in [1.29, 1.82) is 0 Å². The second-order valence-electron chi connectivity index (χ2n) is 5.65. The average Bonchev–Trinajstić information content (AvgIpc) is 3.23. The molecule has 0 unspecified atom stereocenters. The molecule has 0 aliphatic carbocycles. The standard InChI is InChI=1S/C19H11N3O4S/c1-2-9-21-14-11-13(22(24)25)7-8-17(14)27-19(21)20-18(23)16-10-12-5-3-4-6-15(12)26-16/h1,3-8,10-11H,9H2. The van der Waals surface area contributed by atoms with Crippen LogP contribution in [-0.4, -0.2) is 15.4 Å². The van der Waals surface area contributed by atoms with Crippen LogP contribution in [0.5, 0.6) is 0 Å². The lowest BCUT2D eigenvalue weighted by atomic mass is 10.2. The molecule has 0 fully saturated rings. The van der Waals surface area contributed by atoms with Gasteiger partial charge in [0.05, 0.1) is 21.7 Å². The van der Waals surface area contributed by atoms with Gasteiger partial charge in [0.1, 0.15) is 5.58 Å². The number of amides is 1. The summed E-state index contributed by atoms with van der Waals surface area (Å²) in [5.74, 6) is 2.06. The summed E-state index contributed by atoms with van der Waals surface area (Å²) in [7, 11) is 0. The SMILES string of the molecule is C#CCn1c(=NC(=O)c2cc3ccccc3o2)sc2ccc([N+](=O)[O-])cc21. The first-order chi connectivity index (χ1) is 13.1. The zero-order valence-electron chi connectivity index (χ0n) is 13.8. The third-order valence-corrected chi connectivity index (χ3v) is 5.02. The number of nitro groups is 1. The van der Waals surface area contributed by atoms with Gasteiger partial charge in [-0.1, -0.05) is 35.5 Å². The van der Waals surface area contributed by atoms with Crippen LogP contribution >= 0.6 is 11.3 Å². The van der Waals surface area contributed by atoms with Crippen LogP contribution in [0.4, 0.5) is 5.69 Å². The Bertz CT molecular complexity index is 1290. The first kappa shape index (κ1) is 16.8. The highest BCUT2D eigenvalue weighted by atomic mass is 32.1. The molecule has 0 bridgehead atoms. The van der Waals surface area contributed by atoms with Crippen molar-refractivity contribution in [3.05, 3.63) is 69.2 Å². The zero-order valence-corrected chi connectivity index (χ0v) is 14.6. The van der Waals surface area contributed by atoms with Gasteiger partial charge in [0.2, 0.25) is 0 Å². The summed E-state index contributed by atoms with van der Waals surface area (Å²) < 4.78 is 7.90. The smallest absolute Gasteiger partial charge is 0.315 e. The van der Waals surface area contributed by atoms with E-state index in [0.717, 1.165) is 10.1 Å². The number of rotatable bonds is 3. The number of thiazole rings is 1. The molecular weight excluding hydrogens is 366 g/mol. The number of hydrogen-bond donors (Lipinski definition) is 0. The molecule has 7 nitrogen and oxygen atoms in total. The normalized spacial score (nSPS) is 11.7. The third kappa shape index (κ3) is 3.01. The molecule has 0 atom stereocenters. The molecule has 2 aromatic heterocycles. The Morgan fingerprint density at radius 1 is 1.30 bits per heavy atom. The molecular formula is C19H11N3O4S. The molecule has 1 amide bonds. The fourth-order valence-corrected chi connectivity index (χ4v) is 3.74. The van der Waals surface area contributed by atoms with E-state index in [1.165, 1.54) is 23.5 Å². The van der Waals surface area contributed by atoms with E-state index in [4.69, 9.17) is 10.8 Å². The maximum Gasteiger partial charge on any atom is 0.315 e. The lowest BCUT2D eigenvalue weighted by Crippen LogP contribution is -2.16. The molecule has 4 aromatic rings. The number of carbonyl (C=O) groups excluding carboxylic acids is 1. The topological polar surface area (TPSA) is 90.6 Å². The van der Waals surface area contributed by atoms with E-state index >= 15 is 0 Å². The van der Waals surface area contributed by atoms with Gasteiger partial charge >= 0.3 is 5.91 Å². The van der Waals surface area contributed by atoms with E-state index in [0.29, 0.717) is 15.9 Å². The van der Waals surface area contributed by atoms with Crippen molar-refractivity contribution in [3.8, 4) is 12.3 Å². The molecule has 132 valence electrons. The Morgan fingerprint density at radius 3 is 2.85 bits per heavy atom. The fraction of sp³-hybridized carbons (Fsp3) is 0.0526. The molecule has 4 rings (SSSR count). The van der Waals surface area contributed by atoms with Crippen molar-refractivity contribution in [2.45, 2.75) is 6.54 Å². The van der Waals surface area contributed by atoms with Crippen molar-refractivity contribution < 1.29 is 14.1 Å². The summed E-state index contributed by atoms with van der Waals surface area (Å²) in [4.78, 5) is 27.6. The van der Waals surface area contributed by atoms with E-state index in [9.17, 15) is 14.9 Å². The largest absolute Gasteiger partial charge is 0.451 e. The van der Waals surface area contributed by atoms with Crippen molar-refractivity contribution >= 4 is 44.1 Å². The van der Waals surface area contributed by atoms with Gasteiger partial charge in [0.15, 0.2) is 10.6 Å². The van der Waals surface area contributed by atoms with Crippen LogP contribution in [0.1, 0.15) is 10.6 Å². The highest BCUT2D eigenvalue weighted by Gasteiger charge is 2.15. The number of para-hydroxylation sites is 1. The predicted octanol–water partition coefficient (Wildman–Crippen LogP) is 3.73. The molecule has 0 spiro atoms. The Morgan fingerprint density at radius 2 is 2.11 bits per heavy atom. The second kappa shape index (κ2) is 6.55. The maximum atomic E-state index is 12.6. The maximum absolute atomic E-state index is 12.6. The monoisotopic (exact) mass is 377 g/mol. The van der Waals surface area contributed by atoms with Gasteiger partial charge in [0.25, 0.3) is 5.69 Å². The van der Waals surface area contributed by atoms with Crippen molar-refractivity contribution in [3.63, 3.8) is 0 Å². The molecule has 8 heteroatoms. The number of terminal acetylenes is 1. The van der Waals surface area contributed by atoms with Gasteiger partial charge in [-0.15, -0.1) is 6.42 Å². The van der Waals surface area contributed by atoms with Crippen molar-refractivity contribution in [2.75, 3.05) is 0 Å². The molecule has 0 aliphatic heterocycles. The minimum atomic E-state index is -0.543. The van der Waals surface area contributed by atoms with Crippen molar-refractivity contribution in [1.82, 2.24) is 4.57 Å². The number of carbonyl (C=O) groups is 1. The van der Waals surface area contributed by atoms with Crippen LogP contribution in [0.2, 0.25) is 0 Å². The van der Waals surface area contributed by atoms with E-state index in [1.54, 1.807) is 22.8 Å². The van der Waals surface area contributed by atoms with Crippen LogP contribution < -0.4 is 4.80 Å². The number of nitrogens with zero attached hydrogens (tertiary/aromatic N) is 3. The van der Waals surface area contributed by atoms with Gasteiger partial charge < -0.3 is 8.98 Å². The number of aromatic nitrogens is 1. The molecule has 2 heterocycles. The van der Waals surface area contributed by atoms with E-state index in [2.05, 4.69) is 10.9 Å². The first-order valence-electron chi connectivity index (χ1n) is 7.85. The van der Waals surface area contributed by atoms with E-state index in [-0.39, 0.29) is 18.0 Å². The molecule has 0 saturated heterocycles. The van der Waals surface area contributed by atoms with Gasteiger partial charge in [0, 0.05) is 17.5 Å². The van der Waals surface area contributed by atoms with Gasteiger partial charge in [-0.25, -0.2) is 0 Å². The van der Waals surface area contributed by atoms with Crippen LogP contribution in [0.25, 0.3) is 21.2 Å². The van der Waals surface area contributed by atoms with E-state index in [1.807, 2.05) is 18.2 Å². The lowest BCUT2D eigenvalue weighted by Gasteiger charge is -1.99. The minimum Gasteiger partial charge on any atom is -0.451 e. The van der Waals surface area contributed by atoms with Crippen molar-refractivity contribution in [2.24, 2.45) is 4.99 Å². The van der Waals surface area contributed by atoms with Gasteiger partial charge in [-0.2, -0.15) is 4.99 Å². The summed E-state index contributed by atoms with van der Waals surface area (Å²) in [5.41, 5.74) is 1.10. The molecule has 2 aromatic carbocycles. The van der Waals surface area contributed by atoms with Crippen LogP contribution in [0.15, 0.2) is 57.9 Å². The Kier molecular flexibility index (Phi) is 4.06. The second-order valence-corrected chi connectivity index (χ2v) is 6.66. The molecule has 0 N–H and O–H groups in total. The first-order valence-corrected chi connectivity index (χ1v) is 8.67. The van der Waals surface area contributed by atoms with Gasteiger partial charge in [-0.3, -0.25) is 14.9 Å². The Labute approximate surface area is 156 Å². The zero-order chi connectivity index (χ0) is 19.0. The van der Waals surface area contributed by atoms with Crippen LogP contribution in [0.3, 0.4) is 0 Å².